The van der Waals surface area contributed by atoms with Gasteiger partial charge in [-0.1, -0.05) is 13.8 Å². The molecule has 3 aromatic rings. The molecule has 1 aliphatic rings. The van der Waals surface area contributed by atoms with Crippen LogP contribution in [0.15, 0.2) is 29.3 Å². The van der Waals surface area contributed by atoms with Crippen LogP contribution in [0.1, 0.15) is 36.3 Å². The molecule has 0 saturated carbocycles. The third kappa shape index (κ3) is 4.50. The number of nitrogens with zero attached hydrogens (tertiary/aromatic N) is 3. The molecule has 1 amide bonds. The topological polar surface area (TPSA) is 73.7 Å². The Hall–Kier alpha value is -2.87. The lowest BCUT2D eigenvalue weighted by Crippen LogP contribution is -2.36. The maximum absolute atomic E-state index is 13.3. The Bertz CT molecular complexity index is 1180. The average molecular weight is 456 g/mol. The minimum atomic E-state index is -0.00989. The Kier molecular flexibility index (Phi) is 6.50. The van der Waals surface area contributed by atoms with E-state index in [1.807, 2.05) is 23.1 Å². The van der Waals surface area contributed by atoms with Crippen molar-refractivity contribution in [1.82, 2.24) is 14.5 Å². The van der Waals surface area contributed by atoms with Crippen LogP contribution >= 0.6 is 11.3 Å². The van der Waals surface area contributed by atoms with Crippen molar-refractivity contribution in [2.45, 2.75) is 46.2 Å². The van der Waals surface area contributed by atoms with Gasteiger partial charge in [0.05, 0.1) is 32.5 Å². The summed E-state index contributed by atoms with van der Waals surface area (Å²) in [4.78, 5) is 34.1. The number of hydrogen-bond acceptors (Lipinski definition) is 6. The number of carbonyl (C=O) groups excluding carboxylic acids is 1. The fraction of sp³-hybridized carbons (Fsp3) is 0.458. The number of methoxy groups -OCH3 is 2. The van der Waals surface area contributed by atoms with Gasteiger partial charge in [-0.3, -0.25) is 14.2 Å². The number of amides is 1. The second-order valence-electron chi connectivity index (χ2n) is 8.56. The third-order valence-corrected chi connectivity index (χ3v) is 6.94. The van der Waals surface area contributed by atoms with E-state index in [9.17, 15) is 9.59 Å². The van der Waals surface area contributed by atoms with Crippen LogP contribution in [0.3, 0.4) is 0 Å². The van der Waals surface area contributed by atoms with Crippen LogP contribution < -0.4 is 15.0 Å². The van der Waals surface area contributed by atoms with Gasteiger partial charge >= 0.3 is 0 Å². The average Bonchev–Trinajstić information content (AvgIpc) is 3.16. The molecule has 0 atom stereocenters. The van der Waals surface area contributed by atoms with E-state index in [4.69, 9.17) is 9.47 Å². The largest absolute Gasteiger partial charge is 0.497 e. The molecule has 1 aliphatic heterocycles. The summed E-state index contributed by atoms with van der Waals surface area (Å²) in [6.07, 6.45) is 3.55. The summed E-state index contributed by atoms with van der Waals surface area (Å²) in [5.41, 5.74) is 2.08. The lowest BCUT2D eigenvalue weighted by atomic mass is 10.0. The number of benzene rings is 1. The minimum Gasteiger partial charge on any atom is -0.497 e. The first kappa shape index (κ1) is 22.3. The number of fused-ring (bicyclic) bond motifs is 3. The van der Waals surface area contributed by atoms with Gasteiger partial charge in [-0.15, -0.1) is 11.3 Å². The first-order valence-electron chi connectivity index (χ1n) is 10.9. The second-order valence-corrected chi connectivity index (χ2v) is 9.64. The molecule has 0 fully saturated rings. The van der Waals surface area contributed by atoms with Gasteiger partial charge in [-0.2, -0.15) is 0 Å². The van der Waals surface area contributed by atoms with Gasteiger partial charge < -0.3 is 14.4 Å². The van der Waals surface area contributed by atoms with E-state index in [1.165, 1.54) is 11.3 Å². The highest BCUT2D eigenvalue weighted by Gasteiger charge is 2.26. The zero-order valence-electron chi connectivity index (χ0n) is 19.0. The fourth-order valence-corrected chi connectivity index (χ4v) is 5.32. The Labute approximate surface area is 191 Å². The molecular weight excluding hydrogens is 426 g/mol. The molecule has 0 unspecified atom stereocenters. The molecule has 0 radical (unpaired) electrons. The molecular formula is C24H29N3O4S. The molecule has 0 bridgehead atoms. The highest BCUT2D eigenvalue weighted by atomic mass is 32.1. The van der Waals surface area contributed by atoms with Gasteiger partial charge in [0.2, 0.25) is 5.91 Å². The molecule has 1 aromatic carbocycles. The van der Waals surface area contributed by atoms with Crippen LogP contribution in [0.5, 0.6) is 11.5 Å². The first-order chi connectivity index (χ1) is 15.4. The summed E-state index contributed by atoms with van der Waals surface area (Å²) in [7, 11) is 3.25. The number of aryl methyl sites for hydroxylation is 2. The van der Waals surface area contributed by atoms with E-state index in [1.54, 1.807) is 25.1 Å². The summed E-state index contributed by atoms with van der Waals surface area (Å²) in [6.45, 7) is 5.86. The quantitative estimate of drug-likeness (QED) is 0.544. The highest BCUT2D eigenvalue weighted by Crippen LogP contribution is 2.32. The summed E-state index contributed by atoms with van der Waals surface area (Å²) in [5, 5.41) is 0.715. The van der Waals surface area contributed by atoms with Crippen LogP contribution in [0.4, 0.5) is 0 Å². The van der Waals surface area contributed by atoms with Crippen molar-refractivity contribution in [3.05, 3.63) is 50.9 Å². The van der Waals surface area contributed by atoms with Crippen LogP contribution in [-0.4, -0.2) is 41.1 Å². The molecule has 170 valence electrons. The van der Waals surface area contributed by atoms with Crippen LogP contribution in [0, 0.1) is 5.92 Å². The summed E-state index contributed by atoms with van der Waals surface area (Å²) in [6, 6.07) is 5.74. The van der Waals surface area contributed by atoms with Crippen molar-refractivity contribution in [3.8, 4) is 11.5 Å². The lowest BCUT2D eigenvalue weighted by molar-refractivity contribution is -0.132. The number of hydrogen-bond donors (Lipinski definition) is 0. The van der Waals surface area contributed by atoms with Crippen molar-refractivity contribution in [2.75, 3.05) is 20.8 Å². The van der Waals surface area contributed by atoms with E-state index in [0.29, 0.717) is 50.2 Å². The normalized spacial score (nSPS) is 13.5. The van der Waals surface area contributed by atoms with Crippen molar-refractivity contribution in [3.63, 3.8) is 0 Å². The maximum Gasteiger partial charge on any atom is 0.262 e. The number of rotatable bonds is 7. The van der Waals surface area contributed by atoms with Gasteiger partial charge in [0.25, 0.3) is 5.56 Å². The Balaban J connectivity index is 1.57. The minimum absolute atomic E-state index is 0.00989. The van der Waals surface area contributed by atoms with E-state index in [0.717, 1.165) is 32.3 Å². The number of thiophene rings is 1. The first-order valence-corrected chi connectivity index (χ1v) is 11.7. The van der Waals surface area contributed by atoms with Gasteiger partial charge in [-0.25, -0.2) is 4.98 Å². The SMILES string of the molecule is COc1cc(CCn2cnc3sc4c(c3c2=O)CCN(C(=O)CC(C)C)C4)cc(OC)c1. The number of aromatic nitrogens is 2. The predicted octanol–water partition coefficient (Wildman–Crippen LogP) is 3.65. The maximum atomic E-state index is 13.3. The van der Waals surface area contributed by atoms with Crippen molar-refractivity contribution in [2.24, 2.45) is 5.92 Å². The molecule has 2 aromatic heterocycles. The standard InChI is InChI=1S/C24H29N3O4S/c1-15(2)9-21(28)26-8-6-19-20(13-26)32-23-22(19)24(29)27(14-25-23)7-5-16-10-17(30-3)12-18(11-16)31-4/h10-12,14-15H,5-9,13H2,1-4H3. The van der Waals surface area contributed by atoms with Crippen molar-refractivity contribution >= 4 is 27.5 Å². The van der Waals surface area contributed by atoms with Crippen LogP contribution in [0.25, 0.3) is 10.2 Å². The molecule has 32 heavy (non-hydrogen) atoms. The van der Waals surface area contributed by atoms with Crippen LogP contribution in [0.2, 0.25) is 0 Å². The van der Waals surface area contributed by atoms with E-state index >= 15 is 0 Å². The Morgan fingerprint density at radius 3 is 2.56 bits per heavy atom. The monoisotopic (exact) mass is 455 g/mol. The van der Waals surface area contributed by atoms with E-state index in [2.05, 4.69) is 18.8 Å². The fourth-order valence-electron chi connectivity index (χ4n) is 4.13. The molecule has 0 aliphatic carbocycles. The third-order valence-electron chi connectivity index (χ3n) is 5.82. The Morgan fingerprint density at radius 1 is 1.19 bits per heavy atom. The van der Waals surface area contributed by atoms with Gasteiger partial charge in [-0.05, 0) is 42.0 Å². The zero-order valence-corrected chi connectivity index (χ0v) is 19.8. The number of carbonyl (C=O) groups is 1. The second kappa shape index (κ2) is 9.32. The molecule has 7 nitrogen and oxygen atoms in total. The zero-order chi connectivity index (χ0) is 22.8. The van der Waals surface area contributed by atoms with Gasteiger partial charge in [0.15, 0.2) is 0 Å². The molecule has 0 spiro atoms. The highest BCUT2D eigenvalue weighted by molar-refractivity contribution is 7.18. The van der Waals surface area contributed by atoms with Crippen LogP contribution in [-0.2, 0) is 30.7 Å². The molecule has 3 heterocycles. The van der Waals surface area contributed by atoms with Gasteiger partial charge in [0.1, 0.15) is 16.3 Å². The molecule has 8 heteroatoms. The van der Waals surface area contributed by atoms with Crippen molar-refractivity contribution < 1.29 is 14.3 Å². The number of ether oxygens (including phenoxy) is 2. The smallest absolute Gasteiger partial charge is 0.262 e. The predicted molar refractivity (Wildman–Crippen MR) is 126 cm³/mol. The van der Waals surface area contributed by atoms with E-state index in [-0.39, 0.29) is 11.5 Å². The summed E-state index contributed by atoms with van der Waals surface area (Å²) >= 11 is 1.54. The van der Waals surface area contributed by atoms with Crippen molar-refractivity contribution in [1.29, 1.82) is 0 Å². The molecule has 0 N–H and O–H groups in total. The van der Waals surface area contributed by atoms with E-state index < -0.39 is 0 Å². The molecule has 0 saturated heterocycles. The summed E-state index contributed by atoms with van der Waals surface area (Å²) in [5.74, 6) is 1.97. The Morgan fingerprint density at radius 2 is 1.91 bits per heavy atom. The summed E-state index contributed by atoms with van der Waals surface area (Å²) < 4.78 is 12.4. The lowest BCUT2D eigenvalue weighted by Gasteiger charge is -2.27. The molecule has 4 rings (SSSR count). The van der Waals surface area contributed by atoms with Gasteiger partial charge in [0, 0.05) is 30.5 Å².